The summed E-state index contributed by atoms with van der Waals surface area (Å²) in [5, 5.41) is 9.90. The molecule has 78 heavy (non-hydrogen) atoms. The van der Waals surface area contributed by atoms with Crippen LogP contribution in [-0.4, -0.2) is 159 Å². The highest BCUT2D eigenvalue weighted by molar-refractivity contribution is 8.09. The van der Waals surface area contributed by atoms with Gasteiger partial charge in [0.05, 0.1) is 27.4 Å². The van der Waals surface area contributed by atoms with E-state index in [4.69, 9.17) is 0 Å². The molecule has 12 fully saturated rings. The molecule has 4 saturated carbocycles. The lowest BCUT2D eigenvalue weighted by Crippen LogP contribution is -2.26. The van der Waals surface area contributed by atoms with Crippen LogP contribution in [0.5, 0.6) is 0 Å². The van der Waals surface area contributed by atoms with Gasteiger partial charge < -0.3 is 4.55 Å². The zero-order chi connectivity index (χ0) is 54.8. The van der Waals surface area contributed by atoms with Crippen LogP contribution in [0.2, 0.25) is 0 Å². The van der Waals surface area contributed by atoms with Crippen LogP contribution in [0.3, 0.4) is 0 Å². The summed E-state index contributed by atoms with van der Waals surface area (Å²) < 4.78 is 134. The second-order valence-corrected chi connectivity index (χ2v) is 44.6. The van der Waals surface area contributed by atoms with E-state index in [-0.39, 0.29) is 23.0 Å². The van der Waals surface area contributed by atoms with Crippen LogP contribution in [0.1, 0.15) is 142 Å². The number of hydrogen-bond donors (Lipinski definition) is 3. The van der Waals surface area contributed by atoms with E-state index in [9.17, 15) is 51.9 Å². The van der Waals surface area contributed by atoms with Gasteiger partial charge in [0, 0.05) is 89.8 Å². The maximum absolute atomic E-state index is 11.9. The Morgan fingerprint density at radius 2 is 0.526 bits per heavy atom. The fourth-order valence-corrected chi connectivity index (χ4v) is 39.2. The van der Waals surface area contributed by atoms with Crippen LogP contribution >= 0.6 is 94.1 Å². The smallest absolute Gasteiger partial charge is 0.264 e. The van der Waals surface area contributed by atoms with Crippen LogP contribution in [0, 0.1) is 71.0 Å². The van der Waals surface area contributed by atoms with Crippen LogP contribution in [0.25, 0.3) is 0 Å². The van der Waals surface area contributed by atoms with Gasteiger partial charge >= 0.3 is 0 Å². The monoisotopic (exact) mass is 1310 g/mol. The zero-order valence-corrected chi connectivity index (χ0v) is 54.8. The van der Waals surface area contributed by atoms with Crippen LogP contribution in [0.4, 0.5) is 0 Å². The summed E-state index contributed by atoms with van der Waals surface area (Å²) in [6.45, 7) is 4.76. The first kappa shape index (κ1) is 60.7. The topological polar surface area (TPSA) is 220 Å². The molecule has 4 aliphatic carbocycles. The van der Waals surface area contributed by atoms with Crippen molar-refractivity contribution >= 4 is 135 Å². The van der Waals surface area contributed by atoms with Gasteiger partial charge in [-0.05, 0) is 174 Å². The van der Waals surface area contributed by atoms with Crippen LogP contribution in [0.15, 0.2) is 0 Å². The lowest BCUT2D eigenvalue weighted by atomic mass is 9.78. The molecule has 0 bridgehead atoms. The van der Waals surface area contributed by atoms with E-state index in [2.05, 4.69) is 108 Å². The molecule has 0 aromatic heterocycles. The Hall–Kier alpha value is 2.44. The van der Waals surface area contributed by atoms with E-state index in [1.807, 2.05) is 0 Å². The SMILES string of the molecule is CC1CC2C(CCCCS(=O)(=O)[O-])C3CC(C4CC5C(CCCCS(=O)(=O)O)C6CC(C7CC8C(CCCCS(=O)(=O)O)C9CC(C%10CC%11C(CCCCS(=O)(=O)O)C%12CC(C)SC%12C%11S%10)SC9C8S7)SC6C5S4)SC3C2S1. The molecule has 12 nitrogen and oxygen atoms in total. The Balaban J connectivity index is 0.720. The molecular formula is C54H85O12S12-. The standard InChI is InChI=1S/C54H86O12S12/c1-27-19-33-29(11-3-7-15-75(55,56)57)35-21-41(69-49(35)47(33)67-27)43-23-37-31(13-5-9-17-77(61,62)63)39-25-45(73-53(39)51(37)71-43)46-26-40-32(14-6-10-18-78(64,65)66)38-24-44(72-52(38)54(40)74-46)42-22-36-30(12-4-8-16-76(58,59)60)34-20-28(2)68-48(34)50(36)70-42/h27-54H,3-26H2,1-2H3,(H,55,56,57)(H,58,59,60)(H,61,62,63)(H,64,65,66)/p-1. The highest BCUT2D eigenvalue weighted by Crippen LogP contribution is 2.72. The van der Waals surface area contributed by atoms with Gasteiger partial charge in [-0.15, -0.1) is 0 Å². The number of thioether (sulfide) groups is 8. The largest absolute Gasteiger partial charge is 0.748 e. The maximum Gasteiger partial charge on any atom is 0.264 e. The number of fused-ring (bicyclic) bond motifs is 12. The van der Waals surface area contributed by atoms with E-state index >= 15 is 0 Å². The van der Waals surface area contributed by atoms with Crippen molar-refractivity contribution < 1.29 is 51.9 Å². The minimum absolute atomic E-state index is 0.149. The first-order valence-corrected chi connectivity index (χ1v) is 43.9. The molecule has 12 rings (SSSR count). The summed E-state index contributed by atoms with van der Waals surface area (Å²) in [6.07, 6.45) is 19.3. The fraction of sp³-hybridized carbons (Fsp3) is 1.00. The molecule has 0 spiro atoms. The van der Waals surface area contributed by atoms with Crippen molar-refractivity contribution in [3.63, 3.8) is 0 Å². The Labute approximate surface area is 502 Å². The second-order valence-electron chi connectivity index (χ2n) is 26.6. The number of hydrogen-bond acceptors (Lipinski definition) is 17. The minimum Gasteiger partial charge on any atom is -0.748 e. The Morgan fingerprint density at radius 1 is 0.321 bits per heavy atom. The average Bonchev–Trinajstić information content (AvgIpc) is 4.06. The molecule has 446 valence electrons. The second kappa shape index (κ2) is 24.1. The van der Waals surface area contributed by atoms with Crippen molar-refractivity contribution in [3.8, 4) is 0 Å². The normalized spacial score (nSPS) is 49.1. The maximum atomic E-state index is 11.9. The summed E-state index contributed by atoms with van der Waals surface area (Å²) >= 11 is 18.3. The molecule has 0 aromatic rings. The van der Waals surface area contributed by atoms with Crippen LogP contribution < -0.4 is 0 Å². The summed E-state index contributed by atoms with van der Waals surface area (Å²) in [5.41, 5.74) is 0. The average molecular weight is 1310 g/mol. The first-order valence-electron chi connectivity index (χ1n) is 30.0. The van der Waals surface area contributed by atoms with Gasteiger partial charge in [-0.2, -0.15) is 119 Å². The van der Waals surface area contributed by atoms with Gasteiger partial charge in [-0.1, -0.05) is 39.5 Å². The van der Waals surface area contributed by atoms with Gasteiger partial charge in [-0.25, -0.2) is 8.42 Å². The zero-order valence-electron chi connectivity index (χ0n) is 45.1. The third-order valence-electron chi connectivity index (χ3n) is 22.1. The predicted molar refractivity (Wildman–Crippen MR) is 331 cm³/mol. The van der Waals surface area contributed by atoms with Crippen molar-refractivity contribution in [1.82, 2.24) is 0 Å². The lowest BCUT2D eigenvalue weighted by Gasteiger charge is -2.28. The van der Waals surface area contributed by atoms with Crippen molar-refractivity contribution in [2.45, 2.75) is 226 Å². The number of unbranched alkanes of at least 4 members (excludes halogenated alkanes) is 4. The van der Waals surface area contributed by atoms with Gasteiger partial charge in [-0.3, -0.25) is 13.7 Å². The Bertz CT molecular complexity index is 2440. The van der Waals surface area contributed by atoms with Gasteiger partial charge in [0.25, 0.3) is 30.4 Å². The van der Waals surface area contributed by atoms with Gasteiger partial charge in [0.2, 0.25) is 0 Å². The molecule has 8 heterocycles. The minimum atomic E-state index is -4.20. The molecular weight excluding hydrogens is 1230 g/mol. The fourth-order valence-electron chi connectivity index (χ4n) is 19.4. The molecule has 3 N–H and O–H groups in total. The summed E-state index contributed by atoms with van der Waals surface area (Å²) in [5.74, 6) is 6.80. The molecule has 12 aliphatic rings. The quantitative estimate of drug-likeness (QED) is 0.0639. The van der Waals surface area contributed by atoms with Crippen LogP contribution in [-0.2, 0) is 40.5 Å². The van der Waals surface area contributed by atoms with Crippen molar-refractivity contribution in [1.29, 1.82) is 0 Å². The molecule has 28 atom stereocenters. The highest BCUT2D eigenvalue weighted by Gasteiger charge is 2.66. The number of rotatable bonds is 23. The summed E-state index contributed by atoms with van der Waals surface area (Å²) in [6, 6.07) is 0. The van der Waals surface area contributed by atoms with Crippen molar-refractivity contribution in [2.24, 2.45) is 71.0 Å². The molecule has 28 unspecified atom stereocenters. The summed E-state index contributed by atoms with van der Waals surface area (Å²) in [4.78, 5) is 0. The van der Waals surface area contributed by atoms with E-state index in [0.717, 1.165) is 51.4 Å². The highest BCUT2D eigenvalue weighted by atomic mass is 32.2. The lowest BCUT2D eigenvalue weighted by molar-refractivity contribution is 0.253. The molecule has 0 amide bonds. The Kier molecular flexibility index (Phi) is 18.8. The first-order chi connectivity index (χ1) is 36.9. The molecule has 8 aliphatic heterocycles. The van der Waals surface area contributed by atoms with E-state index < -0.39 is 40.5 Å². The van der Waals surface area contributed by atoms with Crippen molar-refractivity contribution in [3.05, 3.63) is 0 Å². The third kappa shape index (κ3) is 13.0. The van der Waals surface area contributed by atoms with E-state index in [1.165, 1.54) is 51.4 Å². The Morgan fingerprint density at radius 3 is 0.744 bits per heavy atom. The van der Waals surface area contributed by atoms with E-state index in [0.29, 0.717) is 181 Å². The van der Waals surface area contributed by atoms with Gasteiger partial charge in [0.15, 0.2) is 0 Å². The summed E-state index contributed by atoms with van der Waals surface area (Å²) in [7, 11) is -16.2. The predicted octanol–water partition coefficient (Wildman–Crippen LogP) is 11.4. The molecule has 0 aromatic carbocycles. The van der Waals surface area contributed by atoms with Gasteiger partial charge in [0.1, 0.15) is 0 Å². The van der Waals surface area contributed by atoms with Crippen molar-refractivity contribution in [2.75, 3.05) is 23.0 Å². The van der Waals surface area contributed by atoms with E-state index in [1.54, 1.807) is 0 Å². The third-order valence-corrected chi connectivity index (χ3v) is 40.7. The molecule has 24 heteroatoms. The molecule has 0 radical (unpaired) electrons. The molecule has 8 saturated heterocycles.